The molecule has 0 aromatic rings. The second-order valence-corrected chi connectivity index (χ2v) is 2.91. The summed E-state index contributed by atoms with van der Waals surface area (Å²) in [5.74, 6) is 0. The highest BCUT2D eigenvalue weighted by Gasteiger charge is 2.06. The first-order valence-corrected chi connectivity index (χ1v) is 3.26. The summed E-state index contributed by atoms with van der Waals surface area (Å²) in [5.41, 5.74) is 1.24. The van der Waals surface area contributed by atoms with Gasteiger partial charge < -0.3 is 0 Å². The van der Waals surface area contributed by atoms with E-state index in [4.69, 9.17) is 0 Å². The Morgan fingerprint density at radius 1 is 1.86 bits per heavy atom. The lowest BCUT2D eigenvalue weighted by molar-refractivity contribution is 1.20. The van der Waals surface area contributed by atoms with Gasteiger partial charge in [-0.3, -0.25) is 0 Å². The van der Waals surface area contributed by atoms with Crippen LogP contribution < -0.4 is 0 Å². The summed E-state index contributed by atoms with van der Waals surface area (Å²) in [4.78, 5) is 0. The van der Waals surface area contributed by atoms with E-state index in [1.54, 1.807) is 0 Å². The van der Waals surface area contributed by atoms with E-state index in [-0.39, 0.29) is 0 Å². The maximum Gasteiger partial charge on any atom is 0.0304 e. The van der Waals surface area contributed by atoms with Gasteiger partial charge >= 0.3 is 0 Å². The standard InChI is InChI=1S/C6H8S/c1-5-3-4-7-6(5)2/h3-4,6H,1H2,2H3. The molecule has 0 aromatic carbocycles. The van der Waals surface area contributed by atoms with Gasteiger partial charge in [0.05, 0.1) is 0 Å². The first-order valence-electron chi connectivity index (χ1n) is 2.31. The molecule has 0 amide bonds. The third-order valence-corrected chi connectivity index (χ3v) is 2.09. The van der Waals surface area contributed by atoms with Crippen molar-refractivity contribution in [3.05, 3.63) is 23.6 Å². The Bertz CT molecular complexity index is 113. The number of allylic oxidation sites excluding steroid dienone is 1. The molecular formula is C6H8S. The van der Waals surface area contributed by atoms with Crippen LogP contribution in [0.3, 0.4) is 0 Å². The number of hydrogen-bond donors (Lipinski definition) is 0. The molecule has 0 N–H and O–H groups in total. The summed E-state index contributed by atoms with van der Waals surface area (Å²) < 4.78 is 0. The second kappa shape index (κ2) is 1.74. The molecule has 0 saturated carbocycles. The summed E-state index contributed by atoms with van der Waals surface area (Å²) in [7, 11) is 0. The van der Waals surface area contributed by atoms with Crippen LogP contribution >= 0.6 is 11.8 Å². The molecule has 1 heterocycles. The van der Waals surface area contributed by atoms with Crippen LogP contribution in [0.5, 0.6) is 0 Å². The average molecular weight is 112 g/mol. The molecule has 38 valence electrons. The van der Waals surface area contributed by atoms with E-state index >= 15 is 0 Å². The van der Waals surface area contributed by atoms with Crippen LogP contribution in [-0.4, -0.2) is 5.25 Å². The van der Waals surface area contributed by atoms with Gasteiger partial charge in [-0.05, 0) is 17.9 Å². The monoisotopic (exact) mass is 112 g/mol. The third kappa shape index (κ3) is 0.885. The highest BCUT2D eigenvalue weighted by Crippen LogP contribution is 2.26. The summed E-state index contributed by atoms with van der Waals surface area (Å²) >= 11 is 1.83. The van der Waals surface area contributed by atoms with Crippen LogP contribution in [0, 0.1) is 0 Å². The fourth-order valence-corrected chi connectivity index (χ4v) is 1.21. The maximum absolute atomic E-state index is 3.83. The first-order chi connectivity index (χ1) is 3.30. The maximum atomic E-state index is 3.83. The highest BCUT2D eigenvalue weighted by molar-refractivity contribution is 8.03. The van der Waals surface area contributed by atoms with Crippen molar-refractivity contribution in [3.8, 4) is 0 Å². The summed E-state index contributed by atoms with van der Waals surface area (Å²) in [6, 6.07) is 0. The molecule has 0 nitrogen and oxygen atoms in total. The SMILES string of the molecule is C=C1C=CSC1C. The fourth-order valence-electron chi connectivity index (χ4n) is 0.467. The van der Waals surface area contributed by atoms with E-state index in [1.807, 2.05) is 11.8 Å². The molecule has 0 bridgehead atoms. The van der Waals surface area contributed by atoms with Crippen molar-refractivity contribution in [2.45, 2.75) is 12.2 Å². The Hall–Kier alpha value is -0.170. The lowest BCUT2D eigenvalue weighted by atomic mass is 10.2. The molecule has 1 heteroatoms. The predicted octanol–water partition coefficient (Wildman–Crippen LogP) is 2.19. The minimum absolute atomic E-state index is 0.625. The van der Waals surface area contributed by atoms with Gasteiger partial charge in [-0.15, -0.1) is 11.8 Å². The van der Waals surface area contributed by atoms with Crippen molar-refractivity contribution < 1.29 is 0 Å². The van der Waals surface area contributed by atoms with Crippen LogP contribution in [0.2, 0.25) is 0 Å². The molecule has 7 heavy (non-hydrogen) atoms. The van der Waals surface area contributed by atoms with Crippen LogP contribution in [-0.2, 0) is 0 Å². The molecule has 0 aliphatic carbocycles. The van der Waals surface area contributed by atoms with Crippen LogP contribution in [0.4, 0.5) is 0 Å². The molecule has 1 atom stereocenters. The average Bonchev–Trinajstić information content (AvgIpc) is 1.91. The number of rotatable bonds is 0. The fraction of sp³-hybridized carbons (Fsp3) is 0.333. The van der Waals surface area contributed by atoms with Crippen LogP contribution in [0.1, 0.15) is 6.92 Å². The van der Waals surface area contributed by atoms with Gasteiger partial charge in [0.1, 0.15) is 0 Å². The Labute approximate surface area is 48.3 Å². The molecule has 0 spiro atoms. The number of hydrogen-bond acceptors (Lipinski definition) is 1. The molecule has 0 fully saturated rings. The van der Waals surface area contributed by atoms with E-state index in [2.05, 4.69) is 25.0 Å². The van der Waals surface area contributed by atoms with Crippen molar-refractivity contribution in [2.75, 3.05) is 0 Å². The molecule has 1 rings (SSSR count). The van der Waals surface area contributed by atoms with Crippen LogP contribution in [0.25, 0.3) is 0 Å². The second-order valence-electron chi connectivity index (χ2n) is 1.66. The summed E-state index contributed by atoms with van der Waals surface area (Å²) in [5, 5.41) is 2.72. The third-order valence-electron chi connectivity index (χ3n) is 1.09. The predicted molar refractivity (Wildman–Crippen MR) is 35.3 cm³/mol. The minimum atomic E-state index is 0.625. The largest absolute Gasteiger partial charge is 0.126 e. The van der Waals surface area contributed by atoms with Gasteiger partial charge in [0.2, 0.25) is 0 Å². The molecular weight excluding hydrogens is 104 g/mol. The van der Waals surface area contributed by atoms with E-state index < -0.39 is 0 Å². The van der Waals surface area contributed by atoms with Gasteiger partial charge in [0.25, 0.3) is 0 Å². The lowest BCUT2D eigenvalue weighted by Gasteiger charge is -1.96. The minimum Gasteiger partial charge on any atom is -0.126 e. The molecule has 1 aliphatic rings. The Morgan fingerprint density at radius 3 is 2.71 bits per heavy atom. The molecule has 0 aromatic heterocycles. The van der Waals surface area contributed by atoms with Crippen molar-refractivity contribution in [2.24, 2.45) is 0 Å². The van der Waals surface area contributed by atoms with Gasteiger partial charge in [0, 0.05) is 5.25 Å². The smallest absolute Gasteiger partial charge is 0.0304 e. The Morgan fingerprint density at radius 2 is 2.57 bits per heavy atom. The molecule has 1 unspecified atom stereocenters. The van der Waals surface area contributed by atoms with Gasteiger partial charge in [0.15, 0.2) is 0 Å². The van der Waals surface area contributed by atoms with Crippen molar-refractivity contribution >= 4 is 11.8 Å². The van der Waals surface area contributed by atoms with Crippen molar-refractivity contribution in [3.63, 3.8) is 0 Å². The van der Waals surface area contributed by atoms with E-state index in [9.17, 15) is 0 Å². The van der Waals surface area contributed by atoms with Crippen LogP contribution in [0.15, 0.2) is 23.6 Å². The molecule has 0 radical (unpaired) electrons. The Kier molecular flexibility index (Phi) is 1.24. The van der Waals surface area contributed by atoms with Crippen molar-refractivity contribution in [1.82, 2.24) is 0 Å². The van der Waals surface area contributed by atoms with Crippen molar-refractivity contribution in [1.29, 1.82) is 0 Å². The zero-order valence-corrected chi connectivity index (χ0v) is 5.16. The normalized spacial score (nSPS) is 29.3. The number of thioether (sulfide) groups is 1. The van der Waals surface area contributed by atoms with E-state index in [1.165, 1.54) is 5.57 Å². The Balaban J connectivity index is 2.62. The molecule has 0 saturated heterocycles. The van der Waals surface area contributed by atoms with E-state index in [0.717, 1.165) is 0 Å². The first kappa shape index (κ1) is 4.98. The van der Waals surface area contributed by atoms with E-state index in [0.29, 0.717) is 5.25 Å². The quantitative estimate of drug-likeness (QED) is 0.463. The zero-order valence-electron chi connectivity index (χ0n) is 4.35. The van der Waals surface area contributed by atoms with Gasteiger partial charge in [-0.25, -0.2) is 0 Å². The van der Waals surface area contributed by atoms with Gasteiger partial charge in [-0.1, -0.05) is 12.7 Å². The molecule has 1 aliphatic heterocycles. The van der Waals surface area contributed by atoms with Gasteiger partial charge in [-0.2, -0.15) is 0 Å². The summed E-state index contributed by atoms with van der Waals surface area (Å²) in [6.45, 7) is 5.99. The lowest BCUT2D eigenvalue weighted by Crippen LogP contribution is -1.88. The topological polar surface area (TPSA) is 0 Å². The summed E-state index contributed by atoms with van der Waals surface area (Å²) in [6.07, 6.45) is 2.06. The highest BCUT2D eigenvalue weighted by atomic mass is 32.2. The zero-order chi connectivity index (χ0) is 5.28.